The van der Waals surface area contributed by atoms with Crippen molar-refractivity contribution < 1.29 is 19.4 Å². The molecule has 2 aromatic carbocycles. The summed E-state index contributed by atoms with van der Waals surface area (Å²) in [4.78, 5) is 37.6. The van der Waals surface area contributed by atoms with Crippen LogP contribution in [0.3, 0.4) is 0 Å². The minimum Gasteiger partial charge on any atom is -0.480 e. The maximum atomic E-state index is 13.1. The average molecular weight is 494 g/mol. The van der Waals surface area contributed by atoms with Crippen molar-refractivity contribution in [3.8, 4) is 11.4 Å². The fourth-order valence-corrected chi connectivity index (χ4v) is 4.56. The lowest BCUT2D eigenvalue weighted by molar-refractivity contribution is -0.138. The first kappa shape index (κ1) is 24.5. The van der Waals surface area contributed by atoms with Crippen LogP contribution in [0.1, 0.15) is 30.0 Å². The molecule has 182 valence electrons. The molecule has 3 N–H and O–H groups in total. The zero-order valence-electron chi connectivity index (χ0n) is 20.0. The normalized spacial score (nSPS) is 11.7. The Bertz CT molecular complexity index is 1340. The number of nitrogens with zero attached hydrogens (tertiary/aromatic N) is 3. The van der Waals surface area contributed by atoms with Crippen molar-refractivity contribution in [2.75, 3.05) is 19.0 Å². The summed E-state index contributed by atoms with van der Waals surface area (Å²) in [6.45, 7) is 6.16. The van der Waals surface area contributed by atoms with E-state index >= 15 is 0 Å². The highest BCUT2D eigenvalue weighted by Gasteiger charge is 2.28. The highest BCUT2D eigenvalue weighted by Crippen LogP contribution is 2.34. The minimum atomic E-state index is -0.947. The number of thioether (sulfide) groups is 1. The number of H-pyrrole nitrogens is 1. The highest BCUT2D eigenvalue weighted by atomic mass is 32.2. The van der Waals surface area contributed by atoms with Crippen LogP contribution in [0, 0.1) is 6.92 Å². The Balaban J connectivity index is 1.63. The first-order valence-electron chi connectivity index (χ1n) is 11.0. The molecular formula is C25H27N5O4S. The number of carbonyl (C=O) groups excluding carboxylic acids is 1. The molecule has 0 radical (unpaired) electrons. The molecule has 2 heterocycles. The number of hydrogen-bond acceptors (Lipinski definition) is 6. The lowest BCUT2D eigenvalue weighted by atomic mass is 10.2. The average Bonchev–Trinajstić information content (AvgIpc) is 3.38. The maximum Gasteiger partial charge on any atom is 0.319 e. The summed E-state index contributed by atoms with van der Waals surface area (Å²) >= 11 is 1.27. The third-order valence-corrected chi connectivity index (χ3v) is 6.77. The van der Waals surface area contributed by atoms with Gasteiger partial charge in [0.25, 0.3) is 5.91 Å². The number of ether oxygens (including phenoxy) is 1. The number of methoxy groups -OCH3 is 1. The van der Waals surface area contributed by atoms with Crippen LogP contribution < -0.4 is 5.32 Å². The van der Waals surface area contributed by atoms with E-state index in [1.54, 1.807) is 21.0 Å². The van der Waals surface area contributed by atoms with E-state index in [1.165, 1.54) is 11.8 Å². The van der Waals surface area contributed by atoms with E-state index in [9.17, 15) is 14.7 Å². The van der Waals surface area contributed by atoms with E-state index in [1.807, 2.05) is 60.0 Å². The number of carboxylic acid groups (broad SMARTS) is 1. The summed E-state index contributed by atoms with van der Waals surface area (Å²) in [5.41, 5.74) is 3.40. The molecule has 1 amide bonds. The molecular weight excluding hydrogens is 466 g/mol. The van der Waals surface area contributed by atoms with Gasteiger partial charge in [0.05, 0.1) is 17.6 Å². The molecule has 0 spiro atoms. The number of aromatic nitrogens is 4. The summed E-state index contributed by atoms with van der Waals surface area (Å²) in [5.74, 6) is -0.263. The number of fused-ring (bicyclic) bond motifs is 1. The molecule has 0 bridgehead atoms. The number of carbonyl (C=O) groups is 2. The third-order valence-electron chi connectivity index (χ3n) is 5.58. The first-order chi connectivity index (χ1) is 16.7. The number of carboxylic acids is 1. The van der Waals surface area contributed by atoms with Gasteiger partial charge in [-0.2, -0.15) is 0 Å². The van der Waals surface area contributed by atoms with Gasteiger partial charge in [-0.1, -0.05) is 24.3 Å². The van der Waals surface area contributed by atoms with Gasteiger partial charge < -0.3 is 19.4 Å². The number of hydrogen-bond donors (Lipinski definition) is 3. The fraction of sp³-hybridized carbons (Fsp3) is 0.280. The number of amides is 1. The number of nitrogens with one attached hydrogen (secondary N) is 2. The zero-order chi connectivity index (χ0) is 25.2. The predicted molar refractivity (Wildman–Crippen MR) is 136 cm³/mol. The van der Waals surface area contributed by atoms with Gasteiger partial charge in [-0.3, -0.25) is 14.9 Å². The molecule has 2 aromatic heterocycles. The van der Waals surface area contributed by atoms with Gasteiger partial charge in [-0.25, -0.2) is 9.97 Å². The van der Waals surface area contributed by atoms with Crippen LogP contribution in [0.25, 0.3) is 22.4 Å². The Hall–Kier alpha value is -3.63. The summed E-state index contributed by atoms with van der Waals surface area (Å²) in [6.07, 6.45) is 0. The molecule has 0 unspecified atom stereocenters. The lowest BCUT2D eigenvalue weighted by Crippen LogP contribution is -2.26. The SMILES string of the molecule is COCCn1c(-c2ccc(SC(C)(C)C(=O)O)cc2)nc(C(=O)Nc2nc3ccccc3[nH]2)c1C. The van der Waals surface area contributed by atoms with Crippen molar-refractivity contribution >= 4 is 40.6 Å². The number of rotatable bonds is 9. The molecule has 0 atom stereocenters. The van der Waals surface area contributed by atoms with Crippen molar-refractivity contribution in [3.05, 3.63) is 59.9 Å². The Morgan fingerprint density at radius 3 is 2.51 bits per heavy atom. The molecule has 4 rings (SSSR count). The Labute approximate surface area is 206 Å². The summed E-state index contributed by atoms with van der Waals surface area (Å²) < 4.78 is 6.26. The monoisotopic (exact) mass is 493 g/mol. The lowest BCUT2D eigenvalue weighted by Gasteiger charge is -2.18. The van der Waals surface area contributed by atoms with E-state index in [4.69, 9.17) is 4.74 Å². The number of benzene rings is 2. The van der Waals surface area contributed by atoms with Gasteiger partial charge in [-0.05, 0) is 45.0 Å². The zero-order valence-corrected chi connectivity index (χ0v) is 20.8. The molecule has 0 aliphatic heterocycles. The van der Waals surface area contributed by atoms with Gasteiger partial charge in [0.15, 0.2) is 0 Å². The van der Waals surface area contributed by atoms with Crippen LogP contribution in [0.2, 0.25) is 0 Å². The number of aromatic amines is 1. The van der Waals surface area contributed by atoms with E-state index in [0.717, 1.165) is 21.5 Å². The standard InChI is InChI=1S/C25H27N5O4S/c1-15-20(22(31)29-24-26-18-7-5-6-8-19(18)27-24)28-21(30(15)13-14-34-4)16-9-11-17(12-10-16)35-25(2,3)23(32)33/h5-12H,13-14H2,1-4H3,(H,32,33)(H2,26,27,29,31). The molecule has 4 aromatic rings. The molecule has 0 fully saturated rings. The van der Waals surface area contributed by atoms with Crippen LogP contribution in [0.5, 0.6) is 0 Å². The maximum absolute atomic E-state index is 13.1. The number of aliphatic carboxylic acids is 1. The Morgan fingerprint density at radius 1 is 1.14 bits per heavy atom. The molecule has 0 aliphatic carbocycles. The molecule has 35 heavy (non-hydrogen) atoms. The Kier molecular flexibility index (Phi) is 6.95. The van der Waals surface area contributed by atoms with Crippen LogP contribution >= 0.6 is 11.8 Å². The smallest absolute Gasteiger partial charge is 0.319 e. The predicted octanol–water partition coefficient (Wildman–Crippen LogP) is 4.59. The second kappa shape index (κ2) is 9.93. The number of imidazole rings is 2. The van der Waals surface area contributed by atoms with Crippen LogP contribution in [-0.2, 0) is 16.1 Å². The molecule has 0 saturated heterocycles. The topological polar surface area (TPSA) is 122 Å². The number of para-hydroxylation sites is 2. The molecule has 10 heteroatoms. The van der Waals surface area contributed by atoms with E-state index in [-0.39, 0.29) is 5.91 Å². The second-order valence-electron chi connectivity index (χ2n) is 8.51. The van der Waals surface area contributed by atoms with Crippen LogP contribution in [0.15, 0.2) is 53.4 Å². The largest absolute Gasteiger partial charge is 0.480 e. The van der Waals surface area contributed by atoms with Crippen LogP contribution in [-0.4, -0.2) is 55.0 Å². The van der Waals surface area contributed by atoms with Gasteiger partial charge in [0.1, 0.15) is 16.3 Å². The van der Waals surface area contributed by atoms with Crippen molar-refractivity contribution in [1.29, 1.82) is 0 Å². The highest BCUT2D eigenvalue weighted by molar-refractivity contribution is 8.01. The molecule has 0 aliphatic rings. The van der Waals surface area contributed by atoms with E-state index < -0.39 is 10.7 Å². The van der Waals surface area contributed by atoms with Crippen LogP contribution in [0.4, 0.5) is 5.95 Å². The second-order valence-corrected chi connectivity index (χ2v) is 10.2. The third kappa shape index (κ3) is 5.23. The van der Waals surface area contributed by atoms with Gasteiger partial charge in [0, 0.05) is 29.8 Å². The first-order valence-corrected chi connectivity index (χ1v) is 11.9. The van der Waals surface area contributed by atoms with Gasteiger partial charge in [-0.15, -0.1) is 11.8 Å². The summed E-state index contributed by atoms with van der Waals surface area (Å²) in [6, 6.07) is 15.0. The van der Waals surface area contributed by atoms with Crippen molar-refractivity contribution in [2.45, 2.75) is 37.0 Å². The summed E-state index contributed by atoms with van der Waals surface area (Å²) in [7, 11) is 1.62. The van der Waals surface area contributed by atoms with E-state index in [0.29, 0.717) is 36.3 Å². The van der Waals surface area contributed by atoms with Gasteiger partial charge in [0.2, 0.25) is 5.95 Å². The summed E-state index contributed by atoms with van der Waals surface area (Å²) in [5, 5.41) is 12.2. The fourth-order valence-electron chi connectivity index (χ4n) is 3.61. The quantitative estimate of drug-likeness (QED) is 0.292. The minimum absolute atomic E-state index is 0.294. The van der Waals surface area contributed by atoms with Crippen molar-refractivity contribution in [1.82, 2.24) is 19.5 Å². The van der Waals surface area contributed by atoms with E-state index in [2.05, 4.69) is 20.3 Å². The van der Waals surface area contributed by atoms with Crippen molar-refractivity contribution in [3.63, 3.8) is 0 Å². The number of anilines is 1. The van der Waals surface area contributed by atoms with Gasteiger partial charge >= 0.3 is 5.97 Å². The van der Waals surface area contributed by atoms with Crippen molar-refractivity contribution in [2.24, 2.45) is 0 Å². The molecule has 9 nitrogen and oxygen atoms in total. The molecule has 0 saturated carbocycles. The Morgan fingerprint density at radius 2 is 1.86 bits per heavy atom.